The van der Waals surface area contributed by atoms with Gasteiger partial charge in [-0.3, -0.25) is 4.79 Å². The third kappa shape index (κ3) is 4.54. The standard InChI is InChI=1S/C13H21N3O/c1-9(2)11-5-3-10(4-6-11)7-16-8-12(14)13(15)17/h3-6,9,12,16H,7-8,14H2,1-2H3,(H2,15,17). The van der Waals surface area contributed by atoms with Crippen molar-refractivity contribution in [3.05, 3.63) is 35.4 Å². The van der Waals surface area contributed by atoms with Crippen molar-refractivity contribution in [1.82, 2.24) is 5.32 Å². The lowest BCUT2D eigenvalue weighted by molar-refractivity contribution is -0.119. The van der Waals surface area contributed by atoms with E-state index in [2.05, 4.69) is 43.4 Å². The van der Waals surface area contributed by atoms with Crippen molar-refractivity contribution in [2.24, 2.45) is 11.5 Å². The van der Waals surface area contributed by atoms with Gasteiger partial charge in [0.1, 0.15) is 0 Å². The van der Waals surface area contributed by atoms with E-state index >= 15 is 0 Å². The minimum absolute atomic E-state index is 0.404. The van der Waals surface area contributed by atoms with Crippen LogP contribution in [0.2, 0.25) is 0 Å². The number of nitrogens with one attached hydrogen (secondary N) is 1. The Morgan fingerprint density at radius 3 is 2.35 bits per heavy atom. The van der Waals surface area contributed by atoms with Crippen LogP contribution in [0.25, 0.3) is 0 Å². The predicted octanol–water partition coefficient (Wildman–Crippen LogP) is 0.712. The first-order valence-corrected chi connectivity index (χ1v) is 5.85. The highest BCUT2D eigenvalue weighted by atomic mass is 16.1. The normalized spacial score (nSPS) is 12.7. The first-order chi connectivity index (χ1) is 8.00. The van der Waals surface area contributed by atoms with Crippen LogP contribution in [0.4, 0.5) is 0 Å². The van der Waals surface area contributed by atoms with E-state index in [1.807, 2.05) is 0 Å². The summed E-state index contributed by atoms with van der Waals surface area (Å²) in [4.78, 5) is 10.7. The molecular formula is C13H21N3O. The molecule has 1 atom stereocenters. The van der Waals surface area contributed by atoms with E-state index in [1.165, 1.54) is 11.1 Å². The van der Waals surface area contributed by atoms with Gasteiger partial charge < -0.3 is 16.8 Å². The van der Waals surface area contributed by atoms with Crippen molar-refractivity contribution in [2.45, 2.75) is 32.4 Å². The quantitative estimate of drug-likeness (QED) is 0.679. The lowest BCUT2D eigenvalue weighted by Crippen LogP contribution is -2.44. The molecular weight excluding hydrogens is 214 g/mol. The molecule has 4 nitrogen and oxygen atoms in total. The van der Waals surface area contributed by atoms with Crippen LogP contribution in [0, 0.1) is 0 Å². The second kappa shape index (κ2) is 6.37. The van der Waals surface area contributed by atoms with Crippen LogP contribution in [-0.2, 0) is 11.3 Å². The molecule has 0 bridgehead atoms. The molecule has 0 aliphatic rings. The topological polar surface area (TPSA) is 81.1 Å². The molecule has 1 aromatic carbocycles. The first kappa shape index (κ1) is 13.7. The largest absolute Gasteiger partial charge is 0.368 e. The molecule has 1 aromatic rings. The SMILES string of the molecule is CC(C)c1ccc(CNCC(N)C(N)=O)cc1. The summed E-state index contributed by atoms with van der Waals surface area (Å²) in [5.41, 5.74) is 13.1. The molecule has 5 N–H and O–H groups in total. The predicted molar refractivity (Wildman–Crippen MR) is 69.4 cm³/mol. The van der Waals surface area contributed by atoms with E-state index in [9.17, 15) is 4.79 Å². The van der Waals surface area contributed by atoms with E-state index in [0.29, 0.717) is 19.0 Å². The summed E-state index contributed by atoms with van der Waals surface area (Å²) in [6.07, 6.45) is 0. The Balaban J connectivity index is 2.40. The van der Waals surface area contributed by atoms with Crippen LogP contribution < -0.4 is 16.8 Å². The second-order valence-corrected chi connectivity index (χ2v) is 4.54. The molecule has 4 heteroatoms. The highest BCUT2D eigenvalue weighted by molar-refractivity contribution is 5.79. The molecule has 0 saturated heterocycles. The summed E-state index contributed by atoms with van der Waals surface area (Å²) in [6, 6.07) is 7.78. The van der Waals surface area contributed by atoms with Gasteiger partial charge >= 0.3 is 0 Å². The van der Waals surface area contributed by atoms with Crippen molar-refractivity contribution in [1.29, 1.82) is 0 Å². The van der Waals surface area contributed by atoms with Gasteiger partial charge in [0.2, 0.25) is 5.91 Å². The smallest absolute Gasteiger partial charge is 0.235 e. The monoisotopic (exact) mass is 235 g/mol. The van der Waals surface area contributed by atoms with Gasteiger partial charge in [-0.15, -0.1) is 0 Å². The average Bonchev–Trinajstić information content (AvgIpc) is 2.29. The van der Waals surface area contributed by atoms with Crippen molar-refractivity contribution in [3.63, 3.8) is 0 Å². The lowest BCUT2D eigenvalue weighted by Gasteiger charge is -2.10. The first-order valence-electron chi connectivity index (χ1n) is 5.85. The van der Waals surface area contributed by atoms with E-state index in [-0.39, 0.29) is 0 Å². The summed E-state index contributed by atoms with van der Waals surface area (Å²) >= 11 is 0. The maximum absolute atomic E-state index is 10.7. The Morgan fingerprint density at radius 1 is 1.29 bits per heavy atom. The average molecular weight is 235 g/mol. The molecule has 17 heavy (non-hydrogen) atoms. The number of carbonyl (C=O) groups excluding carboxylic acids is 1. The van der Waals surface area contributed by atoms with Gasteiger partial charge in [-0.2, -0.15) is 0 Å². The number of carbonyl (C=O) groups is 1. The number of rotatable bonds is 6. The fraction of sp³-hybridized carbons (Fsp3) is 0.462. The Bertz CT molecular complexity index is 359. The zero-order valence-corrected chi connectivity index (χ0v) is 10.4. The Hall–Kier alpha value is -1.39. The molecule has 0 aliphatic heterocycles. The van der Waals surface area contributed by atoms with Gasteiger partial charge in [-0.1, -0.05) is 38.1 Å². The fourth-order valence-corrected chi connectivity index (χ4v) is 1.49. The highest BCUT2D eigenvalue weighted by Crippen LogP contribution is 2.14. The summed E-state index contributed by atoms with van der Waals surface area (Å²) in [6.45, 7) is 5.43. The molecule has 0 heterocycles. The van der Waals surface area contributed by atoms with Crippen molar-refractivity contribution >= 4 is 5.91 Å². The number of hydrogen-bond acceptors (Lipinski definition) is 3. The zero-order valence-electron chi connectivity index (χ0n) is 10.4. The molecule has 0 spiro atoms. The maximum Gasteiger partial charge on any atom is 0.235 e. The molecule has 0 saturated carbocycles. The molecule has 1 amide bonds. The third-order valence-corrected chi connectivity index (χ3v) is 2.71. The molecule has 94 valence electrons. The Labute approximate surface area is 102 Å². The number of benzene rings is 1. The highest BCUT2D eigenvalue weighted by Gasteiger charge is 2.07. The van der Waals surface area contributed by atoms with E-state index < -0.39 is 11.9 Å². The van der Waals surface area contributed by atoms with Crippen LogP contribution in [-0.4, -0.2) is 18.5 Å². The minimum Gasteiger partial charge on any atom is -0.368 e. The van der Waals surface area contributed by atoms with Crippen LogP contribution in [0.1, 0.15) is 30.9 Å². The Kier molecular flexibility index (Phi) is 5.12. The number of amides is 1. The molecule has 0 radical (unpaired) electrons. The van der Waals surface area contributed by atoms with Crippen LogP contribution >= 0.6 is 0 Å². The molecule has 0 aliphatic carbocycles. The maximum atomic E-state index is 10.7. The lowest BCUT2D eigenvalue weighted by atomic mass is 10.0. The van der Waals surface area contributed by atoms with Gasteiger partial charge in [0.25, 0.3) is 0 Å². The molecule has 1 unspecified atom stereocenters. The zero-order chi connectivity index (χ0) is 12.8. The third-order valence-electron chi connectivity index (χ3n) is 2.71. The summed E-state index contributed by atoms with van der Waals surface area (Å²) in [5, 5.41) is 3.11. The molecule has 0 fully saturated rings. The Morgan fingerprint density at radius 2 is 1.88 bits per heavy atom. The van der Waals surface area contributed by atoms with Gasteiger partial charge in [0.15, 0.2) is 0 Å². The fourth-order valence-electron chi connectivity index (χ4n) is 1.49. The summed E-state index contributed by atoms with van der Waals surface area (Å²) < 4.78 is 0. The number of nitrogens with two attached hydrogens (primary N) is 2. The van der Waals surface area contributed by atoms with Gasteiger partial charge in [-0.05, 0) is 17.0 Å². The van der Waals surface area contributed by atoms with Crippen LogP contribution in [0.15, 0.2) is 24.3 Å². The van der Waals surface area contributed by atoms with E-state index in [0.717, 1.165) is 0 Å². The van der Waals surface area contributed by atoms with E-state index in [1.54, 1.807) is 0 Å². The van der Waals surface area contributed by atoms with E-state index in [4.69, 9.17) is 11.5 Å². The van der Waals surface area contributed by atoms with Crippen molar-refractivity contribution < 1.29 is 4.79 Å². The van der Waals surface area contributed by atoms with Crippen molar-refractivity contribution in [3.8, 4) is 0 Å². The summed E-state index contributed by atoms with van der Waals surface area (Å²) in [5.74, 6) is 0.0629. The summed E-state index contributed by atoms with van der Waals surface area (Å²) in [7, 11) is 0. The number of primary amides is 1. The van der Waals surface area contributed by atoms with Crippen LogP contribution in [0.5, 0.6) is 0 Å². The van der Waals surface area contributed by atoms with Crippen LogP contribution in [0.3, 0.4) is 0 Å². The number of hydrogen-bond donors (Lipinski definition) is 3. The van der Waals surface area contributed by atoms with Gasteiger partial charge in [0.05, 0.1) is 6.04 Å². The van der Waals surface area contributed by atoms with Gasteiger partial charge in [-0.25, -0.2) is 0 Å². The molecule has 0 aromatic heterocycles. The van der Waals surface area contributed by atoms with Gasteiger partial charge in [0, 0.05) is 13.1 Å². The minimum atomic E-state index is -0.620. The van der Waals surface area contributed by atoms with Crippen molar-refractivity contribution in [2.75, 3.05) is 6.54 Å². The molecule has 1 rings (SSSR count). The second-order valence-electron chi connectivity index (χ2n) is 4.54.